The summed E-state index contributed by atoms with van der Waals surface area (Å²) in [6.07, 6.45) is 1.95. The average molecular weight is 317 g/mol. The highest BCUT2D eigenvalue weighted by Gasteiger charge is 2.34. The van der Waals surface area contributed by atoms with Crippen molar-refractivity contribution >= 4 is 17.5 Å². The highest BCUT2D eigenvalue weighted by molar-refractivity contribution is 5.97. The molecular weight excluding hydrogens is 294 g/mol. The first kappa shape index (κ1) is 16.0. The molecule has 3 N–H and O–H groups in total. The number of nitrogens with two attached hydrogens (primary N) is 1. The maximum Gasteiger partial charge on any atom is 0.237 e. The monoisotopic (exact) mass is 317 g/mol. The van der Waals surface area contributed by atoms with E-state index >= 15 is 0 Å². The molecule has 1 aromatic carbocycles. The third-order valence-electron chi connectivity index (χ3n) is 4.62. The molecule has 2 aliphatic heterocycles. The van der Waals surface area contributed by atoms with E-state index in [0.717, 1.165) is 18.5 Å². The zero-order valence-corrected chi connectivity index (χ0v) is 13.1. The molecule has 23 heavy (non-hydrogen) atoms. The number of benzene rings is 1. The van der Waals surface area contributed by atoms with Crippen LogP contribution in [-0.4, -0.2) is 43.7 Å². The zero-order chi connectivity index (χ0) is 16.2. The Morgan fingerprint density at radius 3 is 2.65 bits per heavy atom. The van der Waals surface area contributed by atoms with Crippen molar-refractivity contribution in [1.29, 1.82) is 0 Å². The van der Waals surface area contributed by atoms with Crippen molar-refractivity contribution in [2.45, 2.75) is 31.3 Å². The summed E-state index contributed by atoms with van der Waals surface area (Å²) in [7, 11) is 0. The van der Waals surface area contributed by atoms with Gasteiger partial charge in [-0.3, -0.25) is 9.59 Å². The van der Waals surface area contributed by atoms with Crippen LogP contribution in [0.5, 0.6) is 0 Å². The van der Waals surface area contributed by atoms with Crippen molar-refractivity contribution in [3.8, 4) is 0 Å². The van der Waals surface area contributed by atoms with Gasteiger partial charge in [0.05, 0.1) is 12.1 Å². The molecule has 0 radical (unpaired) electrons. The second-order valence-corrected chi connectivity index (χ2v) is 6.23. The third-order valence-corrected chi connectivity index (χ3v) is 4.62. The van der Waals surface area contributed by atoms with Gasteiger partial charge in [-0.15, -0.1) is 0 Å². The van der Waals surface area contributed by atoms with Crippen molar-refractivity contribution in [3.05, 3.63) is 30.3 Å². The summed E-state index contributed by atoms with van der Waals surface area (Å²) in [5, 5.41) is 2.94. The number of para-hydroxylation sites is 1. The molecule has 3 rings (SSSR count). The summed E-state index contributed by atoms with van der Waals surface area (Å²) < 4.78 is 5.30. The summed E-state index contributed by atoms with van der Waals surface area (Å²) in [6.45, 7) is 1.82. The highest BCUT2D eigenvalue weighted by Crippen LogP contribution is 2.22. The molecule has 0 aliphatic carbocycles. The van der Waals surface area contributed by atoms with Crippen LogP contribution in [0, 0.1) is 5.92 Å². The molecule has 6 heteroatoms. The van der Waals surface area contributed by atoms with Gasteiger partial charge in [0.25, 0.3) is 0 Å². The van der Waals surface area contributed by atoms with Gasteiger partial charge in [0.1, 0.15) is 0 Å². The fraction of sp³-hybridized carbons (Fsp3) is 0.529. The van der Waals surface area contributed by atoms with Crippen LogP contribution in [0.25, 0.3) is 0 Å². The minimum absolute atomic E-state index is 0.0288. The first-order valence-corrected chi connectivity index (χ1v) is 8.14. The van der Waals surface area contributed by atoms with Gasteiger partial charge in [0.15, 0.2) is 0 Å². The molecule has 0 saturated carbocycles. The van der Waals surface area contributed by atoms with Gasteiger partial charge in [0, 0.05) is 31.9 Å². The summed E-state index contributed by atoms with van der Waals surface area (Å²) in [5.74, 6) is 0.0248. The Labute approximate surface area is 136 Å². The smallest absolute Gasteiger partial charge is 0.237 e. The van der Waals surface area contributed by atoms with E-state index in [0.29, 0.717) is 26.2 Å². The molecule has 6 nitrogen and oxygen atoms in total. The zero-order valence-electron chi connectivity index (χ0n) is 13.1. The Bertz CT molecular complexity index is 557. The minimum Gasteiger partial charge on any atom is -0.381 e. The van der Waals surface area contributed by atoms with Crippen molar-refractivity contribution in [2.75, 3.05) is 24.7 Å². The Morgan fingerprint density at radius 2 is 1.96 bits per heavy atom. The van der Waals surface area contributed by atoms with Crippen molar-refractivity contribution < 1.29 is 14.3 Å². The van der Waals surface area contributed by atoms with Crippen LogP contribution in [-0.2, 0) is 14.3 Å². The number of hydrogen-bond donors (Lipinski definition) is 2. The molecule has 2 saturated heterocycles. The van der Waals surface area contributed by atoms with E-state index in [-0.39, 0.29) is 23.8 Å². The number of carbonyl (C=O) groups excluding carboxylic acids is 2. The normalized spacial score (nSPS) is 23.8. The van der Waals surface area contributed by atoms with Gasteiger partial charge in [-0.1, -0.05) is 18.2 Å². The maximum atomic E-state index is 12.3. The van der Waals surface area contributed by atoms with Crippen LogP contribution >= 0.6 is 0 Å². The van der Waals surface area contributed by atoms with E-state index < -0.39 is 6.04 Å². The third kappa shape index (κ3) is 3.71. The van der Waals surface area contributed by atoms with E-state index in [2.05, 4.69) is 5.32 Å². The summed E-state index contributed by atoms with van der Waals surface area (Å²) in [5.41, 5.74) is 6.95. The lowest BCUT2D eigenvalue weighted by atomic mass is 9.91. The van der Waals surface area contributed by atoms with E-state index in [1.54, 1.807) is 4.90 Å². The Morgan fingerprint density at radius 1 is 1.26 bits per heavy atom. The number of amides is 2. The average Bonchev–Trinajstić information content (AvgIpc) is 2.96. The number of nitrogens with one attached hydrogen (secondary N) is 1. The Hall–Kier alpha value is -1.92. The van der Waals surface area contributed by atoms with Crippen molar-refractivity contribution in [1.82, 2.24) is 5.32 Å². The lowest BCUT2D eigenvalue weighted by Gasteiger charge is -2.27. The summed E-state index contributed by atoms with van der Waals surface area (Å²) in [6, 6.07) is 8.80. The molecule has 2 unspecified atom stereocenters. The van der Waals surface area contributed by atoms with Crippen LogP contribution < -0.4 is 16.0 Å². The standard InChI is InChI=1S/C17H23N3O3/c18-16(12-6-8-23-9-7-12)17(22)19-13-10-15(21)20(11-13)14-4-2-1-3-5-14/h1-5,12-13,16H,6-11,18H2,(H,19,22). The number of rotatable bonds is 4. The second kappa shape index (κ2) is 7.10. The molecule has 2 amide bonds. The molecule has 2 aliphatic rings. The predicted molar refractivity (Wildman–Crippen MR) is 86.9 cm³/mol. The quantitative estimate of drug-likeness (QED) is 0.854. The molecular formula is C17H23N3O3. The van der Waals surface area contributed by atoms with E-state index in [9.17, 15) is 9.59 Å². The van der Waals surface area contributed by atoms with Crippen LogP contribution in [0.3, 0.4) is 0 Å². The number of ether oxygens (including phenoxy) is 1. The molecule has 1 aromatic rings. The van der Waals surface area contributed by atoms with E-state index in [4.69, 9.17) is 10.5 Å². The Balaban J connectivity index is 1.56. The van der Waals surface area contributed by atoms with Crippen LogP contribution in [0.15, 0.2) is 30.3 Å². The minimum atomic E-state index is -0.528. The molecule has 0 spiro atoms. The lowest BCUT2D eigenvalue weighted by molar-refractivity contribution is -0.125. The molecule has 2 fully saturated rings. The van der Waals surface area contributed by atoms with Crippen LogP contribution in [0.2, 0.25) is 0 Å². The van der Waals surface area contributed by atoms with Crippen molar-refractivity contribution in [2.24, 2.45) is 11.7 Å². The van der Waals surface area contributed by atoms with Gasteiger partial charge in [-0.2, -0.15) is 0 Å². The fourth-order valence-corrected chi connectivity index (χ4v) is 3.25. The molecule has 0 bridgehead atoms. The Kier molecular flexibility index (Phi) is 4.93. The molecule has 0 aromatic heterocycles. The van der Waals surface area contributed by atoms with Gasteiger partial charge >= 0.3 is 0 Å². The van der Waals surface area contributed by atoms with Crippen LogP contribution in [0.1, 0.15) is 19.3 Å². The summed E-state index contributed by atoms with van der Waals surface area (Å²) in [4.78, 5) is 26.2. The molecule has 2 heterocycles. The van der Waals surface area contributed by atoms with E-state index in [1.807, 2.05) is 30.3 Å². The largest absolute Gasteiger partial charge is 0.381 e. The molecule has 124 valence electrons. The molecule has 2 atom stereocenters. The van der Waals surface area contributed by atoms with Gasteiger partial charge in [0.2, 0.25) is 11.8 Å². The number of carbonyl (C=O) groups is 2. The SMILES string of the molecule is NC(C(=O)NC1CC(=O)N(c2ccccc2)C1)C1CCOCC1. The predicted octanol–water partition coefficient (Wildman–Crippen LogP) is 0.662. The number of nitrogens with zero attached hydrogens (tertiary/aromatic N) is 1. The first-order valence-electron chi connectivity index (χ1n) is 8.14. The number of anilines is 1. The second-order valence-electron chi connectivity index (χ2n) is 6.23. The lowest BCUT2D eigenvalue weighted by Crippen LogP contribution is -2.50. The van der Waals surface area contributed by atoms with Crippen LogP contribution in [0.4, 0.5) is 5.69 Å². The van der Waals surface area contributed by atoms with Crippen molar-refractivity contribution in [3.63, 3.8) is 0 Å². The van der Waals surface area contributed by atoms with Gasteiger partial charge in [-0.25, -0.2) is 0 Å². The fourth-order valence-electron chi connectivity index (χ4n) is 3.25. The number of hydrogen-bond acceptors (Lipinski definition) is 4. The van der Waals surface area contributed by atoms with Gasteiger partial charge < -0.3 is 20.7 Å². The van der Waals surface area contributed by atoms with Gasteiger partial charge in [-0.05, 0) is 30.9 Å². The first-order chi connectivity index (χ1) is 11.1. The maximum absolute atomic E-state index is 12.3. The summed E-state index contributed by atoms with van der Waals surface area (Å²) >= 11 is 0. The highest BCUT2D eigenvalue weighted by atomic mass is 16.5. The van der Waals surface area contributed by atoms with E-state index in [1.165, 1.54) is 0 Å². The topological polar surface area (TPSA) is 84.7 Å².